The highest BCUT2D eigenvalue weighted by Crippen LogP contribution is 2.68. The molecule has 108 valence electrons. The summed E-state index contributed by atoms with van der Waals surface area (Å²) in [4.78, 5) is 8.83. The first-order valence-electron chi connectivity index (χ1n) is 7.00. The second-order valence-electron chi connectivity index (χ2n) is 6.65. The van der Waals surface area contributed by atoms with E-state index in [1.807, 2.05) is 7.05 Å². The smallest absolute Gasteiger partial charge is 0.226 e. The lowest BCUT2D eigenvalue weighted by Crippen LogP contribution is -2.11. The van der Waals surface area contributed by atoms with Crippen LogP contribution in [-0.2, 0) is 0 Å². The molecule has 3 N–H and O–H groups in total. The molecule has 0 aromatic carbocycles. The summed E-state index contributed by atoms with van der Waals surface area (Å²) in [6, 6.07) is 0. The summed E-state index contributed by atoms with van der Waals surface area (Å²) in [7, 11) is 1.81. The fourth-order valence-electron chi connectivity index (χ4n) is 3.12. The van der Waals surface area contributed by atoms with Crippen molar-refractivity contribution in [2.45, 2.75) is 27.7 Å². The average molecular weight is 274 g/mol. The van der Waals surface area contributed by atoms with Gasteiger partial charge in [0.05, 0.1) is 11.6 Å². The molecule has 0 spiro atoms. The maximum atomic E-state index is 4.49. The number of hydrogen-bond acceptors (Lipinski definition) is 5. The number of nitrogens with one attached hydrogen (secondary N) is 3. The van der Waals surface area contributed by atoms with E-state index in [-0.39, 0.29) is 0 Å². The van der Waals surface area contributed by atoms with E-state index in [1.54, 1.807) is 6.20 Å². The summed E-state index contributed by atoms with van der Waals surface area (Å²) < 4.78 is 0. The van der Waals surface area contributed by atoms with Crippen molar-refractivity contribution in [1.82, 2.24) is 20.2 Å². The molecule has 2 heterocycles. The lowest BCUT2D eigenvalue weighted by atomic mass is 10.0. The van der Waals surface area contributed by atoms with Crippen LogP contribution in [-0.4, -0.2) is 33.8 Å². The van der Waals surface area contributed by atoms with E-state index in [2.05, 4.69) is 58.5 Å². The highest BCUT2D eigenvalue weighted by molar-refractivity contribution is 5.86. The van der Waals surface area contributed by atoms with Crippen molar-refractivity contribution >= 4 is 22.8 Å². The lowest BCUT2D eigenvalue weighted by Gasteiger charge is -2.09. The first-order chi connectivity index (χ1) is 9.38. The van der Waals surface area contributed by atoms with Gasteiger partial charge in [0.2, 0.25) is 5.95 Å². The zero-order chi connectivity index (χ0) is 14.5. The fraction of sp³-hybridized carbons (Fsp3) is 0.643. The summed E-state index contributed by atoms with van der Waals surface area (Å²) in [6.45, 7) is 10.2. The predicted octanol–water partition coefficient (Wildman–Crippen LogP) is 2.49. The number of aromatic nitrogens is 4. The van der Waals surface area contributed by atoms with E-state index < -0.39 is 0 Å². The third-order valence-electron chi connectivity index (χ3n) is 5.33. The van der Waals surface area contributed by atoms with Crippen LogP contribution in [0.2, 0.25) is 0 Å². The molecule has 6 nitrogen and oxygen atoms in total. The summed E-state index contributed by atoms with van der Waals surface area (Å²) in [5.41, 5.74) is 1.49. The number of hydrogen-bond donors (Lipinski definition) is 3. The second kappa shape index (κ2) is 4.07. The Hall–Kier alpha value is -1.85. The molecule has 0 unspecified atom stereocenters. The maximum absolute atomic E-state index is 4.49. The standard InChI is InChI=1S/C14H22N6/c1-13(2)9(14(13,3)4)7-16-10-8-6-17-20-11(8)19-12(15-5)18-10/h6,9H,7H2,1-5H3,(H3,15,16,17,18,19,20). The molecule has 1 fully saturated rings. The summed E-state index contributed by atoms with van der Waals surface area (Å²) in [6.07, 6.45) is 1.76. The minimum Gasteiger partial charge on any atom is -0.369 e. The number of anilines is 2. The molecule has 0 atom stereocenters. The number of H-pyrrole nitrogens is 1. The summed E-state index contributed by atoms with van der Waals surface area (Å²) in [5.74, 6) is 2.08. The average Bonchev–Trinajstić information content (AvgIpc) is 2.76. The van der Waals surface area contributed by atoms with E-state index in [4.69, 9.17) is 0 Å². The predicted molar refractivity (Wildman–Crippen MR) is 80.8 cm³/mol. The monoisotopic (exact) mass is 274 g/mol. The molecule has 2 aromatic rings. The van der Waals surface area contributed by atoms with Crippen LogP contribution in [0, 0.1) is 16.7 Å². The Bertz CT molecular complexity index is 628. The van der Waals surface area contributed by atoms with Gasteiger partial charge < -0.3 is 10.6 Å². The summed E-state index contributed by atoms with van der Waals surface area (Å²) >= 11 is 0. The van der Waals surface area contributed by atoms with E-state index in [0.717, 1.165) is 23.4 Å². The first kappa shape index (κ1) is 13.1. The van der Waals surface area contributed by atoms with Gasteiger partial charge >= 0.3 is 0 Å². The Morgan fingerprint density at radius 2 is 1.90 bits per heavy atom. The largest absolute Gasteiger partial charge is 0.369 e. The molecule has 20 heavy (non-hydrogen) atoms. The van der Waals surface area contributed by atoms with Crippen LogP contribution in [0.3, 0.4) is 0 Å². The third kappa shape index (κ3) is 1.74. The Morgan fingerprint density at radius 1 is 1.20 bits per heavy atom. The van der Waals surface area contributed by atoms with Crippen LogP contribution in [0.15, 0.2) is 6.20 Å². The molecule has 0 amide bonds. The summed E-state index contributed by atoms with van der Waals surface area (Å²) in [5, 5.41) is 14.3. The fourth-order valence-corrected chi connectivity index (χ4v) is 3.12. The number of aromatic amines is 1. The highest BCUT2D eigenvalue weighted by atomic mass is 15.2. The van der Waals surface area contributed by atoms with E-state index >= 15 is 0 Å². The van der Waals surface area contributed by atoms with Gasteiger partial charge in [-0.2, -0.15) is 15.1 Å². The number of fused-ring (bicyclic) bond motifs is 1. The molecule has 0 saturated heterocycles. The van der Waals surface area contributed by atoms with Crippen molar-refractivity contribution in [3.8, 4) is 0 Å². The van der Waals surface area contributed by atoms with Gasteiger partial charge in [-0.05, 0) is 16.7 Å². The highest BCUT2D eigenvalue weighted by Gasteiger charge is 2.64. The molecular formula is C14H22N6. The number of nitrogens with zero attached hydrogens (tertiary/aromatic N) is 3. The first-order valence-corrected chi connectivity index (χ1v) is 7.00. The SMILES string of the molecule is CNc1nc(NCC2C(C)(C)C2(C)C)c2cn[nH]c2n1. The van der Waals surface area contributed by atoms with Gasteiger partial charge in [-0.1, -0.05) is 27.7 Å². The minimum absolute atomic E-state index is 0.369. The second-order valence-corrected chi connectivity index (χ2v) is 6.65. The van der Waals surface area contributed by atoms with Crippen molar-refractivity contribution in [3.05, 3.63) is 6.20 Å². The molecule has 3 rings (SSSR count). The van der Waals surface area contributed by atoms with E-state index in [0.29, 0.717) is 22.7 Å². The van der Waals surface area contributed by atoms with Crippen molar-refractivity contribution in [3.63, 3.8) is 0 Å². The van der Waals surface area contributed by atoms with Gasteiger partial charge in [-0.25, -0.2) is 0 Å². The Kier molecular flexibility index (Phi) is 2.68. The molecule has 0 aliphatic heterocycles. The Balaban J connectivity index is 1.83. The molecule has 6 heteroatoms. The van der Waals surface area contributed by atoms with Crippen LogP contribution in [0.25, 0.3) is 11.0 Å². The Labute approximate surface area is 118 Å². The topological polar surface area (TPSA) is 78.5 Å². The van der Waals surface area contributed by atoms with Gasteiger partial charge in [0.1, 0.15) is 5.82 Å². The lowest BCUT2D eigenvalue weighted by molar-refractivity contribution is 0.457. The molecule has 1 aliphatic carbocycles. The van der Waals surface area contributed by atoms with Gasteiger partial charge in [0.15, 0.2) is 5.65 Å². The molecule has 0 radical (unpaired) electrons. The van der Waals surface area contributed by atoms with Crippen LogP contribution < -0.4 is 10.6 Å². The molecule has 1 aliphatic rings. The maximum Gasteiger partial charge on any atom is 0.226 e. The molecule has 2 aromatic heterocycles. The zero-order valence-electron chi connectivity index (χ0n) is 12.7. The van der Waals surface area contributed by atoms with Gasteiger partial charge in [-0.15, -0.1) is 0 Å². The Morgan fingerprint density at radius 3 is 2.50 bits per heavy atom. The van der Waals surface area contributed by atoms with Crippen LogP contribution in [0.1, 0.15) is 27.7 Å². The third-order valence-corrected chi connectivity index (χ3v) is 5.33. The quantitative estimate of drug-likeness (QED) is 0.798. The van der Waals surface area contributed by atoms with Crippen molar-refractivity contribution in [2.24, 2.45) is 16.7 Å². The van der Waals surface area contributed by atoms with Crippen LogP contribution >= 0.6 is 0 Å². The van der Waals surface area contributed by atoms with Gasteiger partial charge in [0.25, 0.3) is 0 Å². The van der Waals surface area contributed by atoms with Crippen LogP contribution in [0.4, 0.5) is 11.8 Å². The normalized spacial score (nSPS) is 20.1. The molecular weight excluding hydrogens is 252 g/mol. The van der Waals surface area contributed by atoms with E-state index in [9.17, 15) is 0 Å². The van der Waals surface area contributed by atoms with Crippen molar-refractivity contribution in [1.29, 1.82) is 0 Å². The molecule has 1 saturated carbocycles. The van der Waals surface area contributed by atoms with Crippen molar-refractivity contribution in [2.75, 3.05) is 24.2 Å². The molecule has 0 bridgehead atoms. The zero-order valence-corrected chi connectivity index (χ0v) is 12.7. The minimum atomic E-state index is 0.369. The van der Waals surface area contributed by atoms with E-state index in [1.165, 1.54) is 0 Å². The van der Waals surface area contributed by atoms with Gasteiger partial charge in [-0.3, -0.25) is 5.10 Å². The van der Waals surface area contributed by atoms with Crippen molar-refractivity contribution < 1.29 is 0 Å². The van der Waals surface area contributed by atoms with Gasteiger partial charge in [0, 0.05) is 13.6 Å². The van der Waals surface area contributed by atoms with Crippen LogP contribution in [0.5, 0.6) is 0 Å². The number of rotatable bonds is 4.